The van der Waals surface area contributed by atoms with E-state index < -0.39 is 11.7 Å². The van der Waals surface area contributed by atoms with Gasteiger partial charge in [0.1, 0.15) is 0 Å². The lowest BCUT2D eigenvalue weighted by Gasteiger charge is -2.40. The normalized spacial score (nSPS) is 25.9. The van der Waals surface area contributed by atoms with Gasteiger partial charge in [0, 0.05) is 0 Å². The monoisotopic (exact) mass is 281 g/mol. The van der Waals surface area contributed by atoms with Crippen LogP contribution in [-0.2, 0) is 0 Å². The maximum Gasteiger partial charge on any atom is 0.0938 e. The van der Waals surface area contributed by atoms with E-state index in [0.29, 0.717) is 5.92 Å². The molecule has 2 atom stereocenters. The Hall–Kier alpha value is -0.0800. The molecule has 2 aliphatic rings. The zero-order chi connectivity index (χ0) is 14.4. The van der Waals surface area contributed by atoms with Crippen LogP contribution in [0.3, 0.4) is 0 Å². The molecule has 2 unspecified atom stereocenters. The van der Waals surface area contributed by atoms with Crippen LogP contribution in [0.15, 0.2) is 0 Å². The van der Waals surface area contributed by atoms with Crippen molar-refractivity contribution in [3.8, 4) is 0 Å². The molecule has 2 fully saturated rings. The highest BCUT2D eigenvalue weighted by molar-refractivity contribution is 5.06. The minimum Gasteiger partial charge on any atom is -0.390 e. The van der Waals surface area contributed by atoms with Crippen LogP contribution in [0.4, 0.5) is 0 Å². The summed E-state index contributed by atoms with van der Waals surface area (Å²) in [5, 5.41) is 21.9. The Morgan fingerprint density at radius 2 is 1.75 bits per heavy atom. The van der Waals surface area contributed by atoms with Gasteiger partial charge in [0.2, 0.25) is 0 Å². The van der Waals surface area contributed by atoms with Gasteiger partial charge in [-0.3, -0.25) is 0 Å². The molecule has 2 saturated carbocycles. The first-order valence-corrected chi connectivity index (χ1v) is 8.91. The van der Waals surface area contributed by atoms with Crippen LogP contribution in [0.2, 0.25) is 0 Å². The van der Waals surface area contributed by atoms with E-state index in [2.05, 4.69) is 6.92 Å². The Morgan fingerprint density at radius 1 is 1.10 bits per heavy atom. The average molecular weight is 281 g/mol. The maximum atomic E-state index is 11.3. The zero-order valence-electron chi connectivity index (χ0n) is 13.2. The van der Waals surface area contributed by atoms with Gasteiger partial charge in [-0.05, 0) is 50.4 Å². The minimum absolute atomic E-state index is 0.326. The molecule has 2 nitrogen and oxygen atoms in total. The van der Waals surface area contributed by atoms with Crippen molar-refractivity contribution in [1.29, 1.82) is 0 Å². The standard InChI is InChI=1S/C18H33O2/c1-2-3-4-13-17(19)18(20,16-11-7-8-12-16)14-15-9-5-6-10-15/h16-17,19-20H,2-14H2,1H3. The number of aliphatic hydroxyl groups excluding tert-OH is 1. The molecule has 2 rings (SSSR count). The summed E-state index contributed by atoms with van der Waals surface area (Å²) in [7, 11) is 0. The smallest absolute Gasteiger partial charge is 0.0938 e. The summed E-state index contributed by atoms with van der Waals surface area (Å²) in [6.07, 6.45) is 14.0. The highest BCUT2D eigenvalue weighted by Gasteiger charge is 2.45. The van der Waals surface area contributed by atoms with Crippen LogP contribution in [0.1, 0.15) is 90.4 Å². The predicted molar refractivity (Wildman–Crippen MR) is 83.4 cm³/mol. The molecule has 2 heteroatoms. The first-order valence-electron chi connectivity index (χ1n) is 8.91. The summed E-state index contributed by atoms with van der Waals surface area (Å²) in [5.41, 5.74) is -0.829. The SMILES string of the molecule is CCCCCC(O)C(O)(C[C]1CCCC1)C1CCCC1. The van der Waals surface area contributed by atoms with Crippen LogP contribution in [0.25, 0.3) is 0 Å². The average Bonchev–Trinajstić information content (AvgIpc) is 3.11. The van der Waals surface area contributed by atoms with Gasteiger partial charge in [-0.15, -0.1) is 0 Å². The Morgan fingerprint density at radius 3 is 2.35 bits per heavy atom. The van der Waals surface area contributed by atoms with Gasteiger partial charge in [0.05, 0.1) is 11.7 Å². The Bertz CT molecular complexity index is 267. The van der Waals surface area contributed by atoms with Crippen molar-refractivity contribution in [2.24, 2.45) is 5.92 Å². The molecule has 1 radical (unpaired) electrons. The second kappa shape index (κ2) is 7.79. The molecule has 0 bridgehead atoms. The van der Waals surface area contributed by atoms with Gasteiger partial charge in [0.25, 0.3) is 0 Å². The van der Waals surface area contributed by atoms with E-state index >= 15 is 0 Å². The van der Waals surface area contributed by atoms with Crippen LogP contribution in [0.5, 0.6) is 0 Å². The number of hydrogen-bond donors (Lipinski definition) is 2. The topological polar surface area (TPSA) is 40.5 Å². The van der Waals surface area contributed by atoms with Gasteiger partial charge in [0.15, 0.2) is 0 Å². The van der Waals surface area contributed by atoms with Crippen molar-refractivity contribution in [3.63, 3.8) is 0 Å². The molecule has 0 aromatic carbocycles. The number of hydrogen-bond acceptors (Lipinski definition) is 2. The molecular formula is C18H33O2. The second-order valence-electron chi connectivity index (χ2n) is 7.12. The number of unbranched alkanes of at least 4 members (excludes halogenated alkanes) is 2. The number of rotatable bonds is 8. The molecule has 2 N–H and O–H groups in total. The van der Waals surface area contributed by atoms with E-state index in [1.807, 2.05) is 0 Å². The number of aliphatic hydroxyl groups is 2. The molecule has 0 aromatic heterocycles. The third-order valence-corrected chi connectivity index (χ3v) is 5.56. The first kappa shape index (κ1) is 16.3. The molecular weight excluding hydrogens is 248 g/mol. The van der Waals surface area contributed by atoms with Crippen molar-refractivity contribution in [2.75, 3.05) is 0 Å². The van der Waals surface area contributed by atoms with Crippen molar-refractivity contribution in [2.45, 2.75) is 102 Å². The Balaban J connectivity index is 1.97. The lowest BCUT2D eigenvalue weighted by molar-refractivity contribution is -0.119. The molecule has 0 saturated heterocycles. The van der Waals surface area contributed by atoms with Crippen LogP contribution < -0.4 is 0 Å². The fourth-order valence-electron chi connectivity index (χ4n) is 4.25. The van der Waals surface area contributed by atoms with E-state index in [-0.39, 0.29) is 0 Å². The van der Waals surface area contributed by atoms with Crippen LogP contribution in [0, 0.1) is 11.8 Å². The third kappa shape index (κ3) is 3.98. The van der Waals surface area contributed by atoms with Crippen molar-refractivity contribution < 1.29 is 10.2 Å². The van der Waals surface area contributed by atoms with Gasteiger partial charge in [-0.2, -0.15) is 0 Å². The van der Waals surface area contributed by atoms with E-state index in [1.54, 1.807) is 0 Å². The van der Waals surface area contributed by atoms with E-state index in [9.17, 15) is 10.2 Å². The molecule has 117 valence electrons. The molecule has 0 aliphatic heterocycles. The van der Waals surface area contributed by atoms with Gasteiger partial charge < -0.3 is 10.2 Å². The molecule has 0 heterocycles. The summed E-state index contributed by atoms with van der Waals surface area (Å²) < 4.78 is 0. The third-order valence-electron chi connectivity index (χ3n) is 5.56. The molecule has 2 aliphatic carbocycles. The molecule has 20 heavy (non-hydrogen) atoms. The van der Waals surface area contributed by atoms with E-state index in [1.165, 1.54) is 50.9 Å². The molecule has 0 spiro atoms. The maximum absolute atomic E-state index is 11.3. The van der Waals surface area contributed by atoms with Crippen molar-refractivity contribution in [1.82, 2.24) is 0 Å². The van der Waals surface area contributed by atoms with Crippen molar-refractivity contribution >= 4 is 0 Å². The largest absolute Gasteiger partial charge is 0.390 e. The lowest BCUT2D eigenvalue weighted by Crippen LogP contribution is -2.49. The Kier molecular flexibility index (Phi) is 6.35. The van der Waals surface area contributed by atoms with Gasteiger partial charge >= 0.3 is 0 Å². The predicted octanol–water partition coefficient (Wildman–Crippen LogP) is 4.39. The second-order valence-corrected chi connectivity index (χ2v) is 7.12. The summed E-state index contributed by atoms with van der Waals surface area (Å²) in [5.74, 6) is 1.83. The van der Waals surface area contributed by atoms with E-state index in [4.69, 9.17) is 0 Å². The van der Waals surface area contributed by atoms with Gasteiger partial charge in [-0.25, -0.2) is 0 Å². The van der Waals surface area contributed by atoms with Crippen LogP contribution in [-0.4, -0.2) is 21.9 Å². The molecule has 0 aromatic rings. The van der Waals surface area contributed by atoms with Crippen LogP contribution >= 0.6 is 0 Å². The molecule has 0 amide bonds. The summed E-state index contributed by atoms with van der Waals surface area (Å²) >= 11 is 0. The quantitative estimate of drug-likeness (QED) is 0.648. The summed E-state index contributed by atoms with van der Waals surface area (Å²) in [4.78, 5) is 0. The zero-order valence-corrected chi connectivity index (χ0v) is 13.2. The lowest BCUT2D eigenvalue weighted by atomic mass is 9.73. The highest BCUT2D eigenvalue weighted by Crippen LogP contribution is 2.44. The Labute approximate surface area is 125 Å². The summed E-state index contributed by atoms with van der Waals surface area (Å²) in [6.45, 7) is 2.18. The highest BCUT2D eigenvalue weighted by atomic mass is 16.3. The minimum atomic E-state index is -0.829. The fourth-order valence-corrected chi connectivity index (χ4v) is 4.25. The summed E-state index contributed by atoms with van der Waals surface area (Å²) in [6, 6.07) is 0. The first-order chi connectivity index (χ1) is 9.66. The van der Waals surface area contributed by atoms with Crippen molar-refractivity contribution in [3.05, 3.63) is 5.92 Å². The fraction of sp³-hybridized carbons (Fsp3) is 0.944. The van der Waals surface area contributed by atoms with E-state index in [0.717, 1.165) is 38.5 Å². The van der Waals surface area contributed by atoms with Gasteiger partial charge in [-0.1, -0.05) is 51.9 Å².